The summed E-state index contributed by atoms with van der Waals surface area (Å²) < 4.78 is 6.81. The number of benzene rings is 3. The third kappa shape index (κ3) is 5.94. The van der Waals surface area contributed by atoms with E-state index in [9.17, 15) is 4.79 Å². The second-order valence-electron chi connectivity index (χ2n) is 7.70. The molecule has 0 saturated heterocycles. The average Bonchev–Trinajstić information content (AvgIpc) is 3.23. The second kappa shape index (κ2) is 10.6. The molecule has 0 bridgehead atoms. The molecule has 33 heavy (non-hydrogen) atoms. The van der Waals surface area contributed by atoms with Crippen LogP contribution >= 0.6 is 23.6 Å². The van der Waals surface area contributed by atoms with Crippen LogP contribution in [0.1, 0.15) is 35.7 Å². The molecule has 4 aromatic rings. The molecule has 0 aliphatic heterocycles. The van der Waals surface area contributed by atoms with Crippen molar-refractivity contribution in [3.63, 3.8) is 0 Å². The number of amides is 1. The third-order valence-electron chi connectivity index (χ3n) is 5.04. The summed E-state index contributed by atoms with van der Waals surface area (Å²) in [6.07, 6.45) is 2.08. The largest absolute Gasteiger partial charge is 0.494 e. The van der Waals surface area contributed by atoms with Gasteiger partial charge in [0.15, 0.2) is 5.11 Å². The number of carbonyl (C=O) groups excluding carboxylic acids is 1. The fourth-order valence-corrected chi connectivity index (χ4v) is 4.51. The van der Waals surface area contributed by atoms with E-state index in [0.717, 1.165) is 40.4 Å². The molecule has 7 heteroatoms. The van der Waals surface area contributed by atoms with Gasteiger partial charge in [0.25, 0.3) is 5.91 Å². The van der Waals surface area contributed by atoms with Crippen molar-refractivity contribution in [1.29, 1.82) is 0 Å². The van der Waals surface area contributed by atoms with Gasteiger partial charge in [-0.15, -0.1) is 11.3 Å². The molecule has 0 radical (unpaired) electrons. The number of rotatable bonds is 7. The van der Waals surface area contributed by atoms with Gasteiger partial charge in [0, 0.05) is 16.8 Å². The molecule has 4 rings (SSSR count). The van der Waals surface area contributed by atoms with E-state index in [1.165, 1.54) is 10.3 Å². The summed E-state index contributed by atoms with van der Waals surface area (Å²) in [4.78, 5) is 17.2. The first-order chi connectivity index (χ1) is 16.0. The molecule has 0 aliphatic rings. The third-order valence-corrected chi connectivity index (χ3v) is 6.32. The lowest BCUT2D eigenvalue weighted by Gasteiger charge is -2.10. The number of aryl methyl sites for hydroxylation is 1. The number of hydrogen-bond acceptors (Lipinski definition) is 5. The van der Waals surface area contributed by atoms with Gasteiger partial charge >= 0.3 is 0 Å². The number of ether oxygens (including phenoxy) is 1. The van der Waals surface area contributed by atoms with E-state index in [0.29, 0.717) is 12.2 Å². The standard InChI is InChI=1S/C26H25N3O2S2/c1-3-4-15-31-21-12-8-18(9-13-21)24(30)29-26(32)27-20-10-6-19(7-11-20)25-28-22-14-5-17(2)16-23(22)33-25/h5-14,16H,3-4,15H2,1-2H3,(H2,27,29,30,32). The quantitative estimate of drug-likeness (QED) is 0.234. The topological polar surface area (TPSA) is 63.2 Å². The van der Waals surface area contributed by atoms with E-state index in [1.54, 1.807) is 35.6 Å². The highest BCUT2D eigenvalue weighted by Crippen LogP contribution is 2.31. The molecule has 0 spiro atoms. The van der Waals surface area contributed by atoms with Crippen LogP contribution in [0.15, 0.2) is 66.7 Å². The lowest BCUT2D eigenvalue weighted by molar-refractivity contribution is 0.0977. The highest BCUT2D eigenvalue weighted by molar-refractivity contribution is 7.80. The van der Waals surface area contributed by atoms with Crippen molar-refractivity contribution in [2.75, 3.05) is 11.9 Å². The van der Waals surface area contributed by atoms with Gasteiger partial charge in [-0.3, -0.25) is 10.1 Å². The number of unbranched alkanes of at least 4 members (excludes halogenated alkanes) is 1. The van der Waals surface area contributed by atoms with Gasteiger partial charge in [0.1, 0.15) is 10.8 Å². The number of nitrogens with zero attached hydrogens (tertiary/aromatic N) is 1. The molecule has 5 nitrogen and oxygen atoms in total. The molecule has 0 aliphatic carbocycles. The number of fused-ring (bicyclic) bond motifs is 1. The van der Waals surface area contributed by atoms with Crippen LogP contribution in [0.25, 0.3) is 20.8 Å². The molecule has 1 aromatic heterocycles. The molecule has 0 unspecified atom stereocenters. The Morgan fingerprint density at radius 2 is 1.82 bits per heavy atom. The SMILES string of the molecule is CCCCOc1ccc(C(=O)NC(=S)Nc2ccc(-c3nc4ccc(C)cc4s3)cc2)cc1. The summed E-state index contributed by atoms with van der Waals surface area (Å²) in [5.41, 5.74) is 4.58. The lowest BCUT2D eigenvalue weighted by Crippen LogP contribution is -2.34. The van der Waals surface area contributed by atoms with Gasteiger partial charge in [0.2, 0.25) is 0 Å². The summed E-state index contributed by atoms with van der Waals surface area (Å²) in [5.74, 6) is 0.484. The zero-order valence-corrected chi connectivity index (χ0v) is 20.2. The molecular formula is C26H25N3O2S2. The Labute approximate surface area is 202 Å². The predicted octanol–water partition coefficient (Wildman–Crippen LogP) is 6.58. The van der Waals surface area contributed by atoms with E-state index in [1.807, 2.05) is 24.3 Å². The number of aromatic nitrogens is 1. The number of nitrogens with one attached hydrogen (secondary N) is 2. The molecule has 0 fully saturated rings. The first-order valence-corrected chi connectivity index (χ1v) is 12.1. The van der Waals surface area contributed by atoms with Crippen molar-refractivity contribution < 1.29 is 9.53 Å². The van der Waals surface area contributed by atoms with E-state index in [-0.39, 0.29) is 11.0 Å². The zero-order chi connectivity index (χ0) is 23.2. The van der Waals surface area contributed by atoms with Crippen LogP contribution in [0.4, 0.5) is 5.69 Å². The molecule has 3 aromatic carbocycles. The van der Waals surface area contributed by atoms with Crippen molar-refractivity contribution in [1.82, 2.24) is 10.3 Å². The number of carbonyl (C=O) groups is 1. The Bertz CT molecular complexity index is 1270. The van der Waals surface area contributed by atoms with Crippen LogP contribution in [-0.4, -0.2) is 22.6 Å². The fourth-order valence-electron chi connectivity index (χ4n) is 3.23. The van der Waals surface area contributed by atoms with Crippen molar-refractivity contribution in [2.24, 2.45) is 0 Å². The normalized spacial score (nSPS) is 10.7. The van der Waals surface area contributed by atoms with Gasteiger partial charge < -0.3 is 10.1 Å². The van der Waals surface area contributed by atoms with E-state index < -0.39 is 0 Å². The molecule has 0 saturated carbocycles. The van der Waals surface area contributed by atoms with Crippen LogP contribution in [0.5, 0.6) is 5.75 Å². The van der Waals surface area contributed by atoms with Gasteiger partial charge in [-0.05, 0) is 91.8 Å². The maximum Gasteiger partial charge on any atom is 0.257 e. The zero-order valence-electron chi connectivity index (χ0n) is 18.6. The lowest BCUT2D eigenvalue weighted by atomic mass is 10.2. The summed E-state index contributed by atoms with van der Waals surface area (Å²) in [7, 11) is 0. The average molecular weight is 476 g/mol. The van der Waals surface area contributed by atoms with E-state index in [4.69, 9.17) is 21.9 Å². The molecule has 1 amide bonds. The number of thiazole rings is 1. The van der Waals surface area contributed by atoms with Crippen molar-refractivity contribution in [2.45, 2.75) is 26.7 Å². The smallest absolute Gasteiger partial charge is 0.257 e. The highest BCUT2D eigenvalue weighted by Gasteiger charge is 2.10. The highest BCUT2D eigenvalue weighted by atomic mass is 32.1. The molecule has 168 valence electrons. The first-order valence-electron chi connectivity index (χ1n) is 10.8. The Balaban J connectivity index is 1.34. The van der Waals surface area contributed by atoms with Gasteiger partial charge in [-0.1, -0.05) is 19.4 Å². The minimum atomic E-state index is -0.269. The summed E-state index contributed by atoms with van der Waals surface area (Å²) in [6, 6.07) is 21.2. The van der Waals surface area contributed by atoms with Crippen LogP contribution in [-0.2, 0) is 0 Å². The number of hydrogen-bond donors (Lipinski definition) is 2. The Morgan fingerprint density at radius 3 is 2.55 bits per heavy atom. The minimum Gasteiger partial charge on any atom is -0.494 e. The summed E-state index contributed by atoms with van der Waals surface area (Å²) in [6.45, 7) is 4.87. The van der Waals surface area contributed by atoms with Gasteiger partial charge in [0.05, 0.1) is 16.8 Å². The molecule has 2 N–H and O–H groups in total. The fraction of sp³-hybridized carbons (Fsp3) is 0.192. The summed E-state index contributed by atoms with van der Waals surface area (Å²) >= 11 is 6.99. The Hall–Kier alpha value is -3.29. The van der Waals surface area contributed by atoms with Crippen LogP contribution in [0.3, 0.4) is 0 Å². The molecule has 1 heterocycles. The maximum atomic E-state index is 12.5. The Morgan fingerprint density at radius 1 is 1.06 bits per heavy atom. The minimum absolute atomic E-state index is 0.242. The second-order valence-corrected chi connectivity index (χ2v) is 9.14. The van der Waals surface area contributed by atoms with Gasteiger partial charge in [-0.2, -0.15) is 0 Å². The van der Waals surface area contributed by atoms with E-state index >= 15 is 0 Å². The van der Waals surface area contributed by atoms with Crippen LogP contribution in [0, 0.1) is 6.92 Å². The summed E-state index contributed by atoms with van der Waals surface area (Å²) in [5, 5.41) is 6.99. The van der Waals surface area contributed by atoms with E-state index in [2.05, 4.69) is 42.7 Å². The predicted molar refractivity (Wildman–Crippen MR) is 140 cm³/mol. The van der Waals surface area contributed by atoms with Crippen molar-refractivity contribution >= 4 is 50.5 Å². The molecular weight excluding hydrogens is 450 g/mol. The van der Waals surface area contributed by atoms with Crippen molar-refractivity contribution in [3.8, 4) is 16.3 Å². The monoisotopic (exact) mass is 475 g/mol. The number of thiocarbonyl (C=S) groups is 1. The van der Waals surface area contributed by atoms with Crippen LogP contribution in [0.2, 0.25) is 0 Å². The Kier molecular flexibility index (Phi) is 7.32. The van der Waals surface area contributed by atoms with Crippen LogP contribution < -0.4 is 15.4 Å². The number of anilines is 1. The van der Waals surface area contributed by atoms with Crippen molar-refractivity contribution in [3.05, 3.63) is 77.9 Å². The maximum absolute atomic E-state index is 12.5. The molecule has 0 atom stereocenters. The van der Waals surface area contributed by atoms with Gasteiger partial charge in [-0.25, -0.2) is 4.98 Å². The first kappa shape index (κ1) is 22.9.